The highest BCUT2D eigenvalue weighted by Crippen LogP contribution is 2.16. The maximum Gasteiger partial charge on any atom is 0.119 e. The molecular formula is C10H12N2S. The maximum atomic E-state index is 8.78. The lowest BCUT2D eigenvalue weighted by Crippen LogP contribution is -2.28. The lowest BCUT2D eigenvalue weighted by atomic mass is 10.1. The van der Waals surface area contributed by atoms with Gasteiger partial charge in [0.1, 0.15) is 5.54 Å². The molecule has 1 rings (SSSR count). The minimum absolute atomic E-state index is 0.530. The number of anilines is 1. The van der Waals surface area contributed by atoms with Gasteiger partial charge in [-0.05, 0) is 38.1 Å². The van der Waals surface area contributed by atoms with Gasteiger partial charge in [-0.2, -0.15) is 5.26 Å². The Morgan fingerprint density at radius 1 is 1.31 bits per heavy atom. The molecule has 0 aromatic heterocycles. The summed E-state index contributed by atoms with van der Waals surface area (Å²) < 4.78 is 0. The Labute approximate surface area is 84.0 Å². The fourth-order valence-corrected chi connectivity index (χ4v) is 1.08. The molecule has 68 valence electrons. The van der Waals surface area contributed by atoms with Crippen LogP contribution in [0.5, 0.6) is 0 Å². The third-order valence-electron chi connectivity index (χ3n) is 1.60. The molecule has 1 aromatic carbocycles. The van der Waals surface area contributed by atoms with E-state index in [1.165, 1.54) is 0 Å². The van der Waals surface area contributed by atoms with E-state index in [-0.39, 0.29) is 0 Å². The lowest BCUT2D eigenvalue weighted by Gasteiger charge is -2.18. The smallest absolute Gasteiger partial charge is 0.119 e. The van der Waals surface area contributed by atoms with Crippen molar-refractivity contribution in [2.45, 2.75) is 24.3 Å². The summed E-state index contributed by atoms with van der Waals surface area (Å²) in [7, 11) is 0. The summed E-state index contributed by atoms with van der Waals surface area (Å²) in [6.45, 7) is 3.67. The molecule has 0 aliphatic rings. The Morgan fingerprint density at radius 2 is 1.85 bits per heavy atom. The van der Waals surface area contributed by atoms with Gasteiger partial charge in [0.2, 0.25) is 0 Å². The second-order valence-corrected chi connectivity index (χ2v) is 3.93. The molecule has 0 bridgehead atoms. The van der Waals surface area contributed by atoms with Crippen LogP contribution in [0.2, 0.25) is 0 Å². The highest BCUT2D eigenvalue weighted by Gasteiger charge is 2.14. The molecule has 0 saturated carbocycles. The van der Waals surface area contributed by atoms with E-state index in [0.717, 1.165) is 10.6 Å². The zero-order chi connectivity index (χ0) is 9.90. The van der Waals surface area contributed by atoms with Crippen LogP contribution in [-0.2, 0) is 0 Å². The first-order valence-corrected chi connectivity index (χ1v) is 4.47. The van der Waals surface area contributed by atoms with Gasteiger partial charge < -0.3 is 5.32 Å². The molecule has 1 N–H and O–H groups in total. The monoisotopic (exact) mass is 192 g/mol. The van der Waals surface area contributed by atoms with Crippen LogP contribution in [0.25, 0.3) is 0 Å². The first-order valence-electron chi connectivity index (χ1n) is 4.02. The molecule has 0 amide bonds. The van der Waals surface area contributed by atoms with E-state index in [1.54, 1.807) is 0 Å². The van der Waals surface area contributed by atoms with Gasteiger partial charge in [-0.15, -0.1) is 12.6 Å². The van der Waals surface area contributed by atoms with Crippen molar-refractivity contribution < 1.29 is 0 Å². The minimum atomic E-state index is -0.530. The van der Waals surface area contributed by atoms with Gasteiger partial charge in [0, 0.05) is 10.6 Å². The van der Waals surface area contributed by atoms with Crippen LogP contribution < -0.4 is 5.32 Å². The van der Waals surface area contributed by atoms with Gasteiger partial charge in [-0.25, -0.2) is 0 Å². The predicted octanol–water partition coefficient (Wildman–Crippen LogP) is 2.69. The second kappa shape index (κ2) is 3.71. The molecule has 0 fully saturated rings. The van der Waals surface area contributed by atoms with Crippen LogP contribution >= 0.6 is 12.6 Å². The van der Waals surface area contributed by atoms with E-state index >= 15 is 0 Å². The summed E-state index contributed by atoms with van der Waals surface area (Å²) in [5.74, 6) is 0. The van der Waals surface area contributed by atoms with Gasteiger partial charge in [-0.1, -0.05) is 0 Å². The van der Waals surface area contributed by atoms with Crippen LogP contribution in [0.3, 0.4) is 0 Å². The van der Waals surface area contributed by atoms with Crippen LogP contribution in [0, 0.1) is 11.3 Å². The Kier molecular flexibility index (Phi) is 2.84. The van der Waals surface area contributed by atoms with Gasteiger partial charge in [-0.3, -0.25) is 0 Å². The Bertz CT molecular complexity index is 322. The second-order valence-electron chi connectivity index (χ2n) is 3.41. The largest absolute Gasteiger partial charge is 0.368 e. The molecule has 0 spiro atoms. The summed E-state index contributed by atoms with van der Waals surface area (Å²) in [6.07, 6.45) is 0. The number of nitrogens with zero attached hydrogens (tertiary/aromatic N) is 1. The number of hydrogen-bond donors (Lipinski definition) is 2. The standard InChI is InChI=1S/C10H12N2S/c1-10(2,7-11)12-8-3-5-9(13)6-4-8/h3-6,12-13H,1-2H3. The van der Waals surface area contributed by atoms with Crippen molar-refractivity contribution in [3.63, 3.8) is 0 Å². The van der Waals surface area contributed by atoms with E-state index in [2.05, 4.69) is 24.0 Å². The van der Waals surface area contributed by atoms with Crippen LogP contribution in [0.1, 0.15) is 13.8 Å². The molecule has 0 unspecified atom stereocenters. The molecule has 0 aliphatic carbocycles. The Balaban J connectivity index is 2.77. The topological polar surface area (TPSA) is 35.8 Å². The van der Waals surface area contributed by atoms with Gasteiger partial charge in [0.25, 0.3) is 0 Å². The number of nitrogens with one attached hydrogen (secondary N) is 1. The molecule has 0 aliphatic heterocycles. The SMILES string of the molecule is CC(C)(C#N)Nc1ccc(S)cc1. The molecular weight excluding hydrogens is 180 g/mol. The molecule has 0 heterocycles. The molecule has 1 aromatic rings. The van der Waals surface area contributed by atoms with Gasteiger partial charge in [0.15, 0.2) is 0 Å². The lowest BCUT2D eigenvalue weighted by molar-refractivity contribution is 0.729. The van der Waals surface area contributed by atoms with Crippen LogP contribution in [-0.4, -0.2) is 5.54 Å². The quantitative estimate of drug-likeness (QED) is 0.707. The predicted molar refractivity (Wildman–Crippen MR) is 57.0 cm³/mol. The van der Waals surface area contributed by atoms with E-state index in [4.69, 9.17) is 5.26 Å². The minimum Gasteiger partial charge on any atom is -0.368 e. The average Bonchev–Trinajstić information content (AvgIpc) is 2.09. The molecule has 0 radical (unpaired) electrons. The highest BCUT2D eigenvalue weighted by atomic mass is 32.1. The van der Waals surface area contributed by atoms with Crippen molar-refractivity contribution in [1.29, 1.82) is 5.26 Å². The summed E-state index contributed by atoms with van der Waals surface area (Å²) in [5, 5.41) is 11.9. The number of hydrogen-bond acceptors (Lipinski definition) is 3. The first kappa shape index (κ1) is 9.94. The normalized spacial score (nSPS) is 10.6. The van der Waals surface area contributed by atoms with Crippen LogP contribution in [0.15, 0.2) is 29.2 Å². The zero-order valence-corrected chi connectivity index (χ0v) is 8.60. The van der Waals surface area contributed by atoms with Crippen molar-refractivity contribution in [1.82, 2.24) is 0 Å². The number of rotatable bonds is 2. The third kappa shape index (κ3) is 3.00. The number of benzene rings is 1. The molecule has 0 saturated heterocycles. The van der Waals surface area contributed by atoms with E-state index in [9.17, 15) is 0 Å². The molecule has 13 heavy (non-hydrogen) atoms. The average molecular weight is 192 g/mol. The van der Waals surface area contributed by atoms with Gasteiger partial charge in [0.05, 0.1) is 6.07 Å². The fraction of sp³-hybridized carbons (Fsp3) is 0.300. The third-order valence-corrected chi connectivity index (χ3v) is 1.90. The maximum absolute atomic E-state index is 8.78. The molecule has 3 heteroatoms. The molecule has 0 atom stereocenters. The van der Waals surface area contributed by atoms with Crippen LogP contribution in [0.4, 0.5) is 5.69 Å². The Hall–Kier alpha value is -1.14. The van der Waals surface area contributed by atoms with Crippen molar-refractivity contribution in [2.75, 3.05) is 5.32 Å². The highest BCUT2D eigenvalue weighted by molar-refractivity contribution is 7.80. The first-order chi connectivity index (χ1) is 6.03. The van der Waals surface area contributed by atoms with Crippen molar-refractivity contribution in [2.24, 2.45) is 0 Å². The molecule has 2 nitrogen and oxygen atoms in total. The van der Waals surface area contributed by atoms with Gasteiger partial charge >= 0.3 is 0 Å². The summed E-state index contributed by atoms with van der Waals surface area (Å²) in [4.78, 5) is 0.917. The van der Waals surface area contributed by atoms with E-state index < -0.39 is 5.54 Å². The van der Waals surface area contributed by atoms with Crippen molar-refractivity contribution >= 4 is 18.3 Å². The Morgan fingerprint density at radius 3 is 2.31 bits per heavy atom. The van der Waals surface area contributed by atoms with Crippen molar-refractivity contribution in [3.05, 3.63) is 24.3 Å². The number of nitriles is 1. The zero-order valence-electron chi connectivity index (χ0n) is 7.70. The van der Waals surface area contributed by atoms with E-state index in [0.29, 0.717) is 0 Å². The fourth-order valence-electron chi connectivity index (χ4n) is 0.934. The van der Waals surface area contributed by atoms with E-state index in [1.807, 2.05) is 38.1 Å². The van der Waals surface area contributed by atoms with Crippen molar-refractivity contribution in [3.8, 4) is 6.07 Å². The summed E-state index contributed by atoms with van der Waals surface area (Å²) >= 11 is 4.17. The summed E-state index contributed by atoms with van der Waals surface area (Å²) in [5.41, 5.74) is 0.405. The number of thiol groups is 1. The summed E-state index contributed by atoms with van der Waals surface area (Å²) in [6, 6.07) is 9.76.